The standard InChI is InChI=1S/C15H12BrClO2/c1-9-7-10(3-5-12(9)16)15(18)11-4-6-13(17)14(8-11)19-2/h3-8H,1-2H3. The second-order valence-electron chi connectivity index (χ2n) is 4.14. The van der Waals surface area contributed by atoms with Crippen LogP contribution in [0.3, 0.4) is 0 Å². The first-order chi connectivity index (χ1) is 9.02. The summed E-state index contributed by atoms with van der Waals surface area (Å²) in [5.74, 6) is 0.451. The van der Waals surface area contributed by atoms with E-state index in [1.807, 2.05) is 19.1 Å². The van der Waals surface area contributed by atoms with Crippen LogP contribution in [0.5, 0.6) is 5.75 Å². The predicted octanol–water partition coefficient (Wildman–Crippen LogP) is 4.65. The molecule has 0 bridgehead atoms. The Kier molecular flexibility index (Phi) is 4.27. The van der Waals surface area contributed by atoms with Crippen LogP contribution in [-0.4, -0.2) is 12.9 Å². The van der Waals surface area contributed by atoms with Crippen molar-refractivity contribution in [2.75, 3.05) is 7.11 Å². The van der Waals surface area contributed by atoms with Crippen molar-refractivity contribution < 1.29 is 9.53 Å². The summed E-state index contributed by atoms with van der Waals surface area (Å²) in [4.78, 5) is 12.4. The summed E-state index contributed by atoms with van der Waals surface area (Å²) in [6.45, 7) is 1.95. The van der Waals surface area contributed by atoms with Gasteiger partial charge in [-0.05, 0) is 48.9 Å². The smallest absolute Gasteiger partial charge is 0.193 e. The molecule has 0 amide bonds. The van der Waals surface area contributed by atoms with Gasteiger partial charge in [-0.3, -0.25) is 4.79 Å². The molecule has 2 rings (SSSR count). The van der Waals surface area contributed by atoms with E-state index in [-0.39, 0.29) is 5.78 Å². The Morgan fingerprint density at radius 3 is 2.42 bits per heavy atom. The van der Waals surface area contributed by atoms with E-state index in [1.54, 1.807) is 24.3 Å². The second-order valence-corrected chi connectivity index (χ2v) is 5.40. The number of hydrogen-bond acceptors (Lipinski definition) is 2. The van der Waals surface area contributed by atoms with Crippen molar-refractivity contribution in [1.82, 2.24) is 0 Å². The van der Waals surface area contributed by atoms with Gasteiger partial charge in [-0.15, -0.1) is 0 Å². The summed E-state index contributed by atoms with van der Waals surface area (Å²) < 4.78 is 6.11. The highest BCUT2D eigenvalue weighted by atomic mass is 79.9. The van der Waals surface area contributed by atoms with Crippen molar-refractivity contribution in [2.24, 2.45) is 0 Å². The van der Waals surface area contributed by atoms with Crippen LogP contribution in [0, 0.1) is 6.92 Å². The molecule has 98 valence electrons. The van der Waals surface area contributed by atoms with Crippen LogP contribution in [0.4, 0.5) is 0 Å². The lowest BCUT2D eigenvalue weighted by Gasteiger charge is -2.07. The van der Waals surface area contributed by atoms with Gasteiger partial charge in [0.05, 0.1) is 12.1 Å². The van der Waals surface area contributed by atoms with Gasteiger partial charge in [0.25, 0.3) is 0 Å². The molecule has 0 aromatic heterocycles. The van der Waals surface area contributed by atoms with Crippen molar-refractivity contribution in [1.29, 1.82) is 0 Å². The van der Waals surface area contributed by atoms with Gasteiger partial charge >= 0.3 is 0 Å². The van der Waals surface area contributed by atoms with Crippen molar-refractivity contribution in [2.45, 2.75) is 6.92 Å². The molecule has 0 saturated heterocycles. The Morgan fingerprint density at radius 2 is 1.79 bits per heavy atom. The lowest BCUT2D eigenvalue weighted by atomic mass is 10.0. The van der Waals surface area contributed by atoms with Crippen molar-refractivity contribution in [3.63, 3.8) is 0 Å². The van der Waals surface area contributed by atoms with Crippen LogP contribution < -0.4 is 4.74 Å². The fraction of sp³-hybridized carbons (Fsp3) is 0.133. The van der Waals surface area contributed by atoms with E-state index in [9.17, 15) is 4.79 Å². The molecule has 0 aliphatic heterocycles. The number of carbonyl (C=O) groups excluding carboxylic acids is 1. The topological polar surface area (TPSA) is 26.3 Å². The van der Waals surface area contributed by atoms with Gasteiger partial charge in [0, 0.05) is 15.6 Å². The molecule has 0 atom stereocenters. The molecular weight excluding hydrogens is 328 g/mol. The van der Waals surface area contributed by atoms with Crippen molar-refractivity contribution in [3.8, 4) is 5.75 Å². The third-order valence-corrected chi connectivity index (χ3v) is 4.04. The summed E-state index contributed by atoms with van der Waals surface area (Å²) in [6, 6.07) is 10.5. The minimum Gasteiger partial charge on any atom is -0.495 e. The molecule has 0 spiro atoms. The number of aryl methyl sites for hydroxylation is 1. The van der Waals surface area contributed by atoms with E-state index in [0.717, 1.165) is 10.0 Å². The quantitative estimate of drug-likeness (QED) is 0.761. The molecule has 0 saturated carbocycles. The van der Waals surface area contributed by atoms with Crippen LogP contribution in [0.1, 0.15) is 21.5 Å². The summed E-state index contributed by atoms with van der Waals surface area (Å²) in [5, 5.41) is 0.492. The third-order valence-electron chi connectivity index (χ3n) is 2.83. The molecule has 0 aliphatic rings. The number of ketones is 1. The Bertz CT molecular complexity index is 638. The van der Waals surface area contributed by atoms with E-state index in [2.05, 4.69) is 15.9 Å². The highest BCUT2D eigenvalue weighted by Crippen LogP contribution is 2.27. The number of methoxy groups -OCH3 is 1. The average Bonchev–Trinajstić information content (AvgIpc) is 2.41. The minimum atomic E-state index is -0.0504. The van der Waals surface area contributed by atoms with Gasteiger partial charge in [0.2, 0.25) is 0 Å². The highest BCUT2D eigenvalue weighted by Gasteiger charge is 2.12. The molecule has 2 aromatic carbocycles. The van der Waals surface area contributed by atoms with Crippen LogP contribution in [0.2, 0.25) is 5.02 Å². The zero-order valence-electron chi connectivity index (χ0n) is 10.5. The molecule has 0 N–H and O–H groups in total. The van der Waals surface area contributed by atoms with Gasteiger partial charge in [-0.1, -0.05) is 27.5 Å². The summed E-state index contributed by atoms with van der Waals surface area (Å²) in [5.41, 5.74) is 2.22. The van der Waals surface area contributed by atoms with Crippen LogP contribution >= 0.6 is 27.5 Å². The molecule has 2 nitrogen and oxygen atoms in total. The maximum Gasteiger partial charge on any atom is 0.193 e. The van der Waals surface area contributed by atoms with Gasteiger partial charge < -0.3 is 4.74 Å². The van der Waals surface area contributed by atoms with E-state index < -0.39 is 0 Å². The number of carbonyl (C=O) groups is 1. The maximum atomic E-state index is 12.4. The van der Waals surface area contributed by atoms with Crippen molar-refractivity contribution in [3.05, 3.63) is 62.6 Å². The maximum absolute atomic E-state index is 12.4. The fourth-order valence-electron chi connectivity index (χ4n) is 1.75. The van der Waals surface area contributed by atoms with E-state index in [4.69, 9.17) is 16.3 Å². The molecular formula is C15H12BrClO2. The van der Waals surface area contributed by atoms with Gasteiger partial charge in [0.1, 0.15) is 5.75 Å². The van der Waals surface area contributed by atoms with Gasteiger partial charge in [0.15, 0.2) is 5.78 Å². The molecule has 0 heterocycles. The first kappa shape index (κ1) is 14.1. The molecule has 0 aliphatic carbocycles. The number of benzene rings is 2. The van der Waals surface area contributed by atoms with E-state index in [1.165, 1.54) is 7.11 Å². The minimum absolute atomic E-state index is 0.0504. The molecule has 4 heteroatoms. The Labute approximate surface area is 125 Å². The molecule has 0 radical (unpaired) electrons. The first-order valence-electron chi connectivity index (χ1n) is 5.67. The predicted molar refractivity (Wildman–Crippen MR) is 80.3 cm³/mol. The number of rotatable bonds is 3. The number of halogens is 2. The first-order valence-corrected chi connectivity index (χ1v) is 6.84. The largest absolute Gasteiger partial charge is 0.495 e. The SMILES string of the molecule is COc1cc(C(=O)c2ccc(Br)c(C)c2)ccc1Cl. The number of hydrogen-bond donors (Lipinski definition) is 0. The molecule has 2 aromatic rings. The zero-order valence-corrected chi connectivity index (χ0v) is 12.9. The second kappa shape index (κ2) is 5.76. The van der Waals surface area contributed by atoms with Crippen LogP contribution in [-0.2, 0) is 0 Å². The van der Waals surface area contributed by atoms with E-state index in [0.29, 0.717) is 21.9 Å². The normalized spacial score (nSPS) is 10.3. The molecule has 0 fully saturated rings. The lowest BCUT2D eigenvalue weighted by Crippen LogP contribution is -2.02. The average molecular weight is 340 g/mol. The zero-order chi connectivity index (χ0) is 14.0. The van der Waals surface area contributed by atoms with Gasteiger partial charge in [-0.25, -0.2) is 0 Å². The molecule has 0 unspecified atom stereocenters. The van der Waals surface area contributed by atoms with E-state index >= 15 is 0 Å². The summed E-state index contributed by atoms with van der Waals surface area (Å²) in [7, 11) is 1.53. The van der Waals surface area contributed by atoms with Crippen LogP contribution in [0.15, 0.2) is 40.9 Å². The highest BCUT2D eigenvalue weighted by molar-refractivity contribution is 9.10. The number of ether oxygens (including phenoxy) is 1. The Balaban J connectivity index is 2.41. The Morgan fingerprint density at radius 1 is 1.16 bits per heavy atom. The van der Waals surface area contributed by atoms with Gasteiger partial charge in [-0.2, -0.15) is 0 Å². The lowest BCUT2D eigenvalue weighted by molar-refractivity contribution is 0.103. The Hall–Kier alpha value is -1.32. The monoisotopic (exact) mass is 338 g/mol. The van der Waals surface area contributed by atoms with Crippen molar-refractivity contribution >= 4 is 33.3 Å². The fourth-order valence-corrected chi connectivity index (χ4v) is 2.19. The summed E-state index contributed by atoms with van der Waals surface area (Å²) >= 11 is 9.37. The summed E-state index contributed by atoms with van der Waals surface area (Å²) in [6.07, 6.45) is 0. The third kappa shape index (κ3) is 2.99. The molecule has 19 heavy (non-hydrogen) atoms. The van der Waals surface area contributed by atoms with Crippen LogP contribution in [0.25, 0.3) is 0 Å².